The molecule has 0 fully saturated rings. The first kappa shape index (κ1) is 23.2. The minimum absolute atomic E-state index is 0.165. The van der Waals surface area contributed by atoms with Gasteiger partial charge >= 0.3 is 6.18 Å². The number of fused-ring (bicyclic) bond motifs is 3. The highest BCUT2D eigenvalue weighted by Gasteiger charge is 2.50. The monoisotopic (exact) mass is 411 g/mol. The molecule has 3 rings (SSSR count). The number of hydrogen-bond donors (Lipinski definition) is 1. The van der Waals surface area contributed by atoms with E-state index < -0.39 is 30.0 Å². The van der Waals surface area contributed by atoms with Crippen LogP contribution in [-0.2, 0) is 19.3 Å². The molecule has 1 unspecified atom stereocenters. The highest BCUT2D eigenvalue weighted by Crippen LogP contribution is 2.51. The summed E-state index contributed by atoms with van der Waals surface area (Å²) in [6, 6.07) is 3.54. The molecule has 1 atom stereocenters. The zero-order valence-electron chi connectivity index (χ0n) is 16.9. The van der Waals surface area contributed by atoms with E-state index in [1.54, 1.807) is 6.07 Å². The van der Waals surface area contributed by atoms with Crippen LogP contribution in [-0.4, -0.2) is 25.2 Å². The van der Waals surface area contributed by atoms with Gasteiger partial charge in [-0.1, -0.05) is 31.9 Å². The maximum Gasteiger partial charge on any atom is 0.412 e. The second-order valence-electron chi connectivity index (χ2n) is 7.03. The van der Waals surface area contributed by atoms with Crippen LogP contribution in [0.3, 0.4) is 0 Å². The number of allylic oxidation sites excluding steroid dienone is 4. The number of halogens is 5. The molecule has 1 heterocycles. The number of terminal acetylenes is 1. The summed E-state index contributed by atoms with van der Waals surface area (Å²) in [5, 5.41) is 3.23. The topological polar surface area (TPSA) is 12.0 Å². The molecule has 6 heteroatoms. The van der Waals surface area contributed by atoms with Gasteiger partial charge in [0.05, 0.1) is 5.92 Å². The molecule has 158 valence electrons. The number of rotatable bonds is 2. The van der Waals surface area contributed by atoms with Crippen molar-refractivity contribution < 1.29 is 22.0 Å². The van der Waals surface area contributed by atoms with Crippen LogP contribution in [0.15, 0.2) is 35.4 Å². The first-order valence-electron chi connectivity index (χ1n) is 9.79. The van der Waals surface area contributed by atoms with Crippen molar-refractivity contribution in [1.82, 2.24) is 5.32 Å². The van der Waals surface area contributed by atoms with Crippen molar-refractivity contribution in [3.05, 3.63) is 57.7 Å². The molecule has 0 saturated carbocycles. The summed E-state index contributed by atoms with van der Waals surface area (Å²) in [6.07, 6.45) is 3.25. The van der Waals surface area contributed by atoms with E-state index in [0.29, 0.717) is 30.5 Å². The molecule has 1 aliphatic carbocycles. The molecule has 0 aromatic heterocycles. The molecule has 1 aromatic rings. The fourth-order valence-corrected chi connectivity index (χ4v) is 3.98. The van der Waals surface area contributed by atoms with Crippen LogP contribution in [0, 0.1) is 12.3 Å². The van der Waals surface area contributed by atoms with Gasteiger partial charge in [-0.3, -0.25) is 0 Å². The van der Waals surface area contributed by atoms with Crippen molar-refractivity contribution >= 4 is 0 Å². The highest BCUT2D eigenvalue weighted by molar-refractivity contribution is 5.55. The Morgan fingerprint density at radius 2 is 1.79 bits per heavy atom. The van der Waals surface area contributed by atoms with Gasteiger partial charge in [-0.25, -0.2) is 8.78 Å². The average Bonchev–Trinajstić information content (AvgIpc) is 2.79. The molecule has 0 bridgehead atoms. The van der Waals surface area contributed by atoms with Crippen LogP contribution in [0.1, 0.15) is 48.9 Å². The molecule has 1 aromatic carbocycles. The molecule has 1 nitrogen and oxygen atoms in total. The van der Waals surface area contributed by atoms with Crippen LogP contribution < -0.4 is 5.32 Å². The molecule has 2 aliphatic rings. The molecule has 29 heavy (non-hydrogen) atoms. The lowest BCUT2D eigenvalue weighted by Crippen LogP contribution is -2.25. The summed E-state index contributed by atoms with van der Waals surface area (Å²) >= 11 is 0. The van der Waals surface area contributed by atoms with Gasteiger partial charge in [0.15, 0.2) is 0 Å². The van der Waals surface area contributed by atoms with E-state index in [1.807, 2.05) is 19.9 Å². The van der Waals surface area contributed by atoms with Crippen LogP contribution in [0.4, 0.5) is 22.0 Å². The Balaban J connectivity index is 0.00000145. The molecule has 1 aliphatic heterocycles. The number of benzene rings is 1. The maximum atomic E-state index is 15.0. The second kappa shape index (κ2) is 9.13. The minimum Gasteiger partial charge on any atom is -0.316 e. The van der Waals surface area contributed by atoms with E-state index in [2.05, 4.69) is 11.2 Å². The van der Waals surface area contributed by atoms with Crippen molar-refractivity contribution in [3.8, 4) is 12.3 Å². The fourth-order valence-electron chi connectivity index (χ4n) is 3.98. The lowest BCUT2D eigenvalue weighted by molar-refractivity contribution is -0.0915. The number of nitrogens with one attached hydrogen (secondary N) is 1. The maximum absolute atomic E-state index is 15.0. The third-order valence-corrected chi connectivity index (χ3v) is 5.22. The van der Waals surface area contributed by atoms with Crippen molar-refractivity contribution in [1.29, 1.82) is 0 Å². The Morgan fingerprint density at radius 3 is 2.41 bits per heavy atom. The Kier molecular flexibility index (Phi) is 7.29. The van der Waals surface area contributed by atoms with E-state index >= 15 is 0 Å². The summed E-state index contributed by atoms with van der Waals surface area (Å²) in [5.74, 6) is -2.51. The van der Waals surface area contributed by atoms with Crippen molar-refractivity contribution in [3.63, 3.8) is 0 Å². The molecule has 0 saturated heterocycles. The van der Waals surface area contributed by atoms with Gasteiger partial charge < -0.3 is 5.32 Å². The second-order valence-corrected chi connectivity index (χ2v) is 7.03. The first-order valence-corrected chi connectivity index (χ1v) is 9.79. The standard InChI is InChI=1S/C21H20F5N.C2H6/c1-3-4-15(11-13(2)21(24,25)26)19-18-16(12-20(19,22)23)6-5-14-7-9-27-10-8-17(14)18;1-2/h1,4-6,11,19,27H,7-10,12H2,2H3;1-2H3/b13-11+,15-4+;. The van der Waals surface area contributed by atoms with Gasteiger partial charge in [0, 0.05) is 12.0 Å². The zero-order chi connectivity index (χ0) is 21.8. The predicted octanol–water partition coefficient (Wildman–Crippen LogP) is 5.74. The fraction of sp³-hybridized carbons (Fsp3) is 0.478. The summed E-state index contributed by atoms with van der Waals surface area (Å²) in [5.41, 5.74) is 1.62. The quantitative estimate of drug-likeness (QED) is 0.372. The first-order chi connectivity index (χ1) is 13.6. The van der Waals surface area contributed by atoms with Gasteiger partial charge in [-0.05, 0) is 72.8 Å². The van der Waals surface area contributed by atoms with Crippen LogP contribution in [0.25, 0.3) is 0 Å². The van der Waals surface area contributed by atoms with E-state index in [0.717, 1.165) is 36.7 Å². The van der Waals surface area contributed by atoms with E-state index in [9.17, 15) is 22.0 Å². The lowest BCUT2D eigenvalue weighted by atomic mass is 9.83. The Hall–Kier alpha value is -2.13. The van der Waals surface area contributed by atoms with E-state index in [1.165, 1.54) is 0 Å². The predicted molar refractivity (Wildman–Crippen MR) is 106 cm³/mol. The number of hydrogen-bond acceptors (Lipinski definition) is 1. The Labute approximate surface area is 169 Å². The van der Waals surface area contributed by atoms with E-state index in [-0.39, 0.29) is 5.57 Å². The van der Waals surface area contributed by atoms with Gasteiger partial charge in [-0.2, -0.15) is 13.2 Å². The molecule has 1 N–H and O–H groups in total. The number of alkyl halides is 5. The van der Waals surface area contributed by atoms with Crippen molar-refractivity contribution in [2.45, 2.75) is 58.1 Å². The average molecular weight is 411 g/mol. The van der Waals surface area contributed by atoms with Gasteiger partial charge in [0.2, 0.25) is 0 Å². The SMILES string of the molecule is C#C/C=C(\C=C(/C)C(F)(F)F)C1c2c(ccc3c2CCNCC3)CC1(F)F.CC. The van der Waals surface area contributed by atoms with Gasteiger partial charge in [-0.15, -0.1) is 6.42 Å². The summed E-state index contributed by atoms with van der Waals surface area (Å²) < 4.78 is 68.9. The lowest BCUT2D eigenvalue weighted by Gasteiger charge is -2.24. The van der Waals surface area contributed by atoms with Crippen LogP contribution in [0.2, 0.25) is 0 Å². The van der Waals surface area contributed by atoms with Crippen LogP contribution in [0.5, 0.6) is 0 Å². The largest absolute Gasteiger partial charge is 0.412 e. The third-order valence-electron chi connectivity index (χ3n) is 5.22. The summed E-state index contributed by atoms with van der Waals surface area (Å²) in [4.78, 5) is 0. The molecule has 0 spiro atoms. The van der Waals surface area contributed by atoms with Crippen molar-refractivity contribution in [2.75, 3.05) is 13.1 Å². The molecular formula is C23H26F5N. The van der Waals surface area contributed by atoms with Crippen LogP contribution >= 0.6 is 0 Å². The van der Waals surface area contributed by atoms with E-state index in [4.69, 9.17) is 6.42 Å². The molecule has 0 amide bonds. The smallest absolute Gasteiger partial charge is 0.316 e. The molecule has 0 radical (unpaired) electrons. The van der Waals surface area contributed by atoms with Gasteiger partial charge in [0.25, 0.3) is 5.92 Å². The highest BCUT2D eigenvalue weighted by atomic mass is 19.4. The summed E-state index contributed by atoms with van der Waals surface area (Å²) in [6.45, 7) is 6.26. The zero-order valence-corrected chi connectivity index (χ0v) is 16.9. The minimum atomic E-state index is -4.60. The summed E-state index contributed by atoms with van der Waals surface area (Å²) in [7, 11) is 0. The normalized spacial score (nSPS) is 21.3. The third kappa shape index (κ3) is 4.90. The molecular weight excluding hydrogens is 385 g/mol. The Morgan fingerprint density at radius 1 is 1.17 bits per heavy atom. The van der Waals surface area contributed by atoms with Crippen molar-refractivity contribution in [2.24, 2.45) is 0 Å². The Bertz CT molecular complexity index is 840. The van der Waals surface area contributed by atoms with Gasteiger partial charge in [0.1, 0.15) is 0 Å².